The fourth-order valence-electron chi connectivity index (χ4n) is 2.04. The van der Waals surface area contributed by atoms with Crippen molar-refractivity contribution in [2.45, 2.75) is 26.8 Å². The third-order valence-corrected chi connectivity index (χ3v) is 4.34. The van der Waals surface area contributed by atoms with Gasteiger partial charge in [-0.1, -0.05) is 13.8 Å². The molecule has 2 aromatic heterocycles. The zero-order valence-electron chi connectivity index (χ0n) is 11.8. The molecule has 0 aliphatic carbocycles. The SMILES string of the molecule is Cc1nn(C)c2sc(C(=O)NC(C(=O)O)C(C)C)cc12. The molecule has 108 valence electrons. The van der Waals surface area contributed by atoms with E-state index in [1.54, 1.807) is 24.6 Å². The van der Waals surface area contributed by atoms with Gasteiger partial charge in [0.1, 0.15) is 10.9 Å². The van der Waals surface area contributed by atoms with E-state index in [0.29, 0.717) is 4.88 Å². The van der Waals surface area contributed by atoms with Gasteiger partial charge in [0.05, 0.1) is 10.6 Å². The lowest BCUT2D eigenvalue weighted by Crippen LogP contribution is -2.44. The molecule has 2 N–H and O–H groups in total. The molecule has 1 amide bonds. The van der Waals surface area contributed by atoms with Crippen molar-refractivity contribution in [2.75, 3.05) is 0 Å². The van der Waals surface area contributed by atoms with Crippen molar-refractivity contribution in [3.63, 3.8) is 0 Å². The lowest BCUT2D eigenvalue weighted by atomic mass is 10.0. The number of nitrogens with zero attached hydrogens (tertiary/aromatic N) is 2. The number of aryl methyl sites for hydroxylation is 2. The van der Waals surface area contributed by atoms with E-state index in [-0.39, 0.29) is 11.8 Å². The molecule has 0 spiro atoms. The summed E-state index contributed by atoms with van der Waals surface area (Å²) in [6.45, 7) is 5.40. The van der Waals surface area contributed by atoms with Crippen LogP contribution in [0, 0.1) is 12.8 Å². The van der Waals surface area contributed by atoms with Crippen LogP contribution in [-0.4, -0.2) is 32.8 Å². The fourth-order valence-corrected chi connectivity index (χ4v) is 3.07. The van der Waals surface area contributed by atoms with Crippen LogP contribution in [0.15, 0.2) is 6.07 Å². The molecule has 6 nitrogen and oxygen atoms in total. The van der Waals surface area contributed by atoms with Crippen LogP contribution in [0.3, 0.4) is 0 Å². The van der Waals surface area contributed by atoms with Gasteiger partial charge in [-0.25, -0.2) is 4.79 Å². The van der Waals surface area contributed by atoms with E-state index >= 15 is 0 Å². The van der Waals surface area contributed by atoms with Crippen molar-refractivity contribution in [1.82, 2.24) is 15.1 Å². The van der Waals surface area contributed by atoms with E-state index in [0.717, 1.165) is 15.9 Å². The maximum atomic E-state index is 12.2. The van der Waals surface area contributed by atoms with Gasteiger partial charge >= 0.3 is 5.97 Å². The Balaban J connectivity index is 2.27. The highest BCUT2D eigenvalue weighted by Gasteiger charge is 2.25. The van der Waals surface area contributed by atoms with Crippen molar-refractivity contribution in [3.8, 4) is 0 Å². The smallest absolute Gasteiger partial charge is 0.326 e. The largest absolute Gasteiger partial charge is 0.480 e. The molecular formula is C13H17N3O3S. The summed E-state index contributed by atoms with van der Waals surface area (Å²) in [6.07, 6.45) is 0. The van der Waals surface area contributed by atoms with Crippen LogP contribution in [-0.2, 0) is 11.8 Å². The number of thiophene rings is 1. The van der Waals surface area contributed by atoms with Crippen molar-refractivity contribution in [1.29, 1.82) is 0 Å². The van der Waals surface area contributed by atoms with Gasteiger partial charge in [0.15, 0.2) is 0 Å². The Labute approximate surface area is 120 Å². The second kappa shape index (κ2) is 5.24. The lowest BCUT2D eigenvalue weighted by Gasteiger charge is -2.17. The summed E-state index contributed by atoms with van der Waals surface area (Å²) in [5.74, 6) is -1.55. The number of amides is 1. The van der Waals surface area contributed by atoms with Crippen molar-refractivity contribution in [3.05, 3.63) is 16.6 Å². The van der Waals surface area contributed by atoms with Gasteiger partial charge in [-0.3, -0.25) is 9.48 Å². The van der Waals surface area contributed by atoms with Crippen LogP contribution >= 0.6 is 11.3 Å². The number of carboxylic acids is 1. The molecule has 2 rings (SSSR count). The Kier molecular flexibility index (Phi) is 3.80. The highest BCUT2D eigenvalue weighted by molar-refractivity contribution is 7.20. The molecular weight excluding hydrogens is 278 g/mol. The molecule has 2 heterocycles. The van der Waals surface area contributed by atoms with E-state index in [4.69, 9.17) is 5.11 Å². The van der Waals surface area contributed by atoms with Gasteiger partial charge in [0, 0.05) is 12.4 Å². The molecule has 0 radical (unpaired) electrons. The molecule has 0 bridgehead atoms. The van der Waals surface area contributed by atoms with Gasteiger partial charge in [-0.05, 0) is 18.9 Å². The van der Waals surface area contributed by atoms with Gasteiger partial charge in [-0.15, -0.1) is 11.3 Å². The summed E-state index contributed by atoms with van der Waals surface area (Å²) < 4.78 is 1.73. The first-order valence-corrected chi connectivity index (χ1v) is 7.09. The van der Waals surface area contributed by atoms with Crippen LogP contribution in [0.2, 0.25) is 0 Å². The van der Waals surface area contributed by atoms with Crippen LogP contribution < -0.4 is 5.32 Å². The minimum atomic E-state index is -1.02. The summed E-state index contributed by atoms with van der Waals surface area (Å²) in [6, 6.07) is 0.878. The number of carbonyl (C=O) groups excluding carboxylic acids is 1. The van der Waals surface area contributed by atoms with Crippen molar-refractivity contribution in [2.24, 2.45) is 13.0 Å². The van der Waals surface area contributed by atoms with Gasteiger partial charge in [0.25, 0.3) is 5.91 Å². The molecule has 2 aromatic rings. The number of hydrogen-bond acceptors (Lipinski definition) is 4. The Hall–Kier alpha value is -1.89. The number of hydrogen-bond donors (Lipinski definition) is 2. The monoisotopic (exact) mass is 295 g/mol. The fraction of sp³-hybridized carbons (Fsp3) is 0.462. The number of fused-ring (bicyclic) bond motifs is 1. The van der Waals surface area contributed by atoms with Crippen LogP contribution in [0.4, 0.5) is 0 Å². The average Bonchev–Trinajstić information content (AvgIpc) is 2.88. The minimum absolute atomic E-state index is 0.172. The zero-order valence-corrected chi connectivity index (χ0v) is 12.6. The number of aliphatic carboxylic acids is 1. The number of nitrogens with one attached hydrogen (secondary N) is 1. The highest BCUT2D eigenvalue weighted by Crippen LogP contribution is 2.27. The van der Waals surface area contributed by atoms with Gasteiger partial charge in [0.2, 0.25) is 0 Å². The molecule has 0 aliphatic rings. The Morgan fingerprint density at radius 1 is 1.45 bits per heavy atom. The molecule has 0 aliphatic heterocycles. The maximum Gasteiger partial charge on any atom is 0.326 e. The predicted molar refractivity (Wildman–Crippen MR) is 77.1 cm³/mol. The second-order valence-corrected chi connectivity index (χ2v) is 6.10. The van der Waals surface area contributed by atoms with Crippen LogP contribution in [0.1, 0.15) is 29.2 Å². The first kappa shape index (κ1) is 14.5. The molecule has 20 heavy (non-hydrogen) atoms. The van der Waals surface area contributed by atoms with Gasteiger partial charge < -0.3 is 10.4 Å². The summed E-state index contributed by atoms with van der Waals surface area (Å²) in [5, 5.41) is 16.9. The molecule has 0 saturated heterocycles. The van der Waals surface area contributed by atoms with Crippen molar-refractivity contribution >= 4 is 33.4 Å². The molecule has 7 heteroatoms. The molecule has 0 aromatic carbocycles. The summed E-state index contributed by atoms with van der Waals surface area (Å²) in [7, 11) is 1.82. The maximum absolute atomic E-state index is 12.2. The topological polar surface area (TPSA) is 84.2 Å². The molecule has 0 saturated carbocycles. The van der Waals surface area contributed by atoms with E-state index in [1.807, 2.05) is 14.0 Å². The minimum Gasteiger partial charge on any atom is -0.480 e. The first-order chi connectivity index (χ1) is 9.31. The van der Waals surface area contributed by atoms with E-state index in [2.05, 4.69) is 10.4 Å². The Bertz CT molecular complexity index is 637. The van der Waals surface area contributed by atoms with E-state index in [9.17, 15) is 9.59 Å². The molecule has 0 fully saturated rings. The number of aromatic nitrogens is 2. The Morgan fingerprint density at radius 2 is 2.10 bits per heavy atom. The number of carboxylic acid groups (broad SMARTS) is 1. The molecule has 1 unspecified atom stereocenters. The average molecular weight is 295 g/mol. The van der Waals surface area contributed by atoms with Crippen LogP contribution in [0.5, 0.6) is 0 Å². The van der Waals surface area contributed by atoms with Crippen molar-refractivity contribution < 1.29 is 14.7 Å². The zero-order chi connectivity index (χ0) is 15.0. The lowest BCUT2D eigenvalue weighted by molar-refractivity contribution is -0.140. The number of rotatable bonds is 4. The third-order valence-electron chi connectivity index (χ3n) is 3.14. The predicted octanol–water partition coefficient (Wildman–Crippen LogP) is 1.78. The summed E-state index contributed by atoms with van der Waals surface area (Å²) in [4.78, 5) is 24.7. The summed E-state index contributed by atoms with van der Waals surface area (Å²) >= 11 is 1.31. The summed E-state index contributed by atoms with van der Waals surface area (Å²) in [5.41, 5.74) is 0.858. The normalized spacial score (nSPS) is 12.8. The second-order valence-electron chi connectivity index (χ2n) is 5.07. The van der Waals surface area contributed by atoms with Crippen LogP contribution in [0.25, 0.3) is 10.2 Å². The Morgan fingerprint density at radius 3 is 2.60 bits per heavy atom. The van der Waals surface area contributed by atoms with Gasteiger partial charge in [-0.2, -0.15) is 5.10 Å². The first-order valence-electron chi connectivity index (χ1n) is 6.28. The third kappa shape index (κ3) is 2.53. The highest BCUT2D eigenvalue weighted by atomic mass is 32.1. The van der Waals surface area contributed by atoms with E-state index < -0.39 is 12.0 Å². The quantitative estimate of drug-likeness (QED) is 0.900. The number of carbonyl (C=O) groups is 2. The molecule has 1 atom stereocenters. The standard InChI is InChI=1S/C13H17N3O3S/c1-6(2)10(13(18)19)14-11(17)9-5-8-7(3)15-16(4)12(8)20-9/h5-6,10H,1-4H3,(H,14,17)(H,18,19). The van der Waals surface area contributed by atoms with E-state index in [1.165, 1.54) is 11.3 Å².